The van der Waals surface area contributed by atoms with E-state index in [2.05, 4.69) is 5.32 Å². The van der Waals surface area contributed by atoms with Gasteiger partial charge in [-0.25, -0.2) is 0 Å². The fraction of sp³-hybridized carbons (Fsp3) is 0.200. The fourth-order valence-corrected chi connectivity index (χ4v) is 2.37. The molecule has 2 aromatic carbocycles. The molecule has 8 heteroatoms. The molecule has 7 nitrogen and oxygen atoms in total. The molecule has 28 heavy (non-hydrogen) atoms. The summed E-state index contributed by atoms with van der Waals surface area (Å²) in [5.74, 6) is -1.59. The minimum atomic E-state index is -0.661. The lowest BCUT2D eigenvalue weighted by atomic mass is 10.1. The van der Waals surface area contributed by atoms with Crippen molar-refractivity contribution in [3.8, 4) is 5.75 Å². The number of hydrogen-bond acceptors (Lipinski definition) is 6. The van der Waals surface area contributed by atoms with Crippen molar-refractivity contribution in [2.45, 2.75) is 19.8 Å². The second-order valence-electron chi connectivity index (χ2n) is 5.76. The normalized spacial score (nSPS) is 10.1. The summed E-state index contributed by atoms with van der Waals surface area (Å²) < 4.78 is 9.77. The predicted molar refractivity (Wildman–Crippen MR) is 102 cm³/mol. The number of rotatable bonds is 8. The van der Waals surface area contributed by atoms with Crippen LogP contribution in [0, 0.1) is 0 Å². The van der Waals surface area contributed by atoms with Crippen molar-refractivity contribution in [1.29, 1.82) is 0 Å². The van der Waals surface area contributed by atoms with Gasteiger partial charge in [-0.05, 0) is 42.5 Å². The highest BCUT2D eigenvalue weighted by Crippen LogP contribution is 2.15. The molecule has 0 bridgehead atoms. The molecule has 0 heterocycles. The van der Waals surface area contributed by atoms with E-state index in [1.807, 2.05) is 0 Å². The first-order valence-corrected chi connectivity index (χ1v) is 8.74. The topological polar surface area (TPSA) is 98.8 Å². The third-order valence-electron chi connectivity index (χ3n) is 3.47. The Bertz CT molecular complexity index is 879. The van der Waals surface area contributed by atoms with Gasteiger partial charge in [-0.3, -0.25) is 19.2 Å². The summed E-state index contributed by atoms with van der Waals surface area (Å²) in [5.41, 5.74) is 0.834. The lowest BCUT2D eigenvalue weighted by molar-refractivity contribution is -0.143. The van der Waals surface area contributed by atoms with Gasteiger partial charge in [-0.2, -0.15) is 0 Å². The van der Waals surface area contributed by atoms with Crippen LogP contribution in [0.2, 0.25) is 5.02 Å². The van der Waals surface area contributed by atoms with Gasteiger partial charge in [0.25, 0.3) is 0 Å². The molecule has 0 aliphatic heterocycles. The quantitative estimate of drug-likeness (QED) is 0.412. The van der Waals surface area contributed by atoms with E-state index in [9.17, 15) is 19.2 Å². The van der Waals surface area contributed by atoms with Crippen molar-refractivity contribution in [2.75, 3.05) is 11.9 Å². The highest BCUT2D eigenvalue weighted by atomic mass is 35.5. The smallest absolute Gasteiger partial charge is 0.308 e. The van der Waals surface area contributed by atoms with E-state index in [1.165, 1.54) is 31.2 Å². The third kappa shape index (κ3) is 7.20. The Kier molecular flexibility index (Phi) is 7.71. The number of ketones is 1. The van der Waals surface area contributed by atoms with Crippen LogP contribution in [0.25, 0.3) is 0 Å². The van der Waals surface area contributed by atoms with Gasteiger partial charge >= 0.3 is 11.9 Å². The maximum atomic E-state index is 12.0. The van der Waals surface area contributed by atoms with E-state index >= 15 is 0 Å². The molecule has 0 aliphatic rings. The van der Waals surface area contributed by atoms with E-state index in [4.69, 9.17) is 21.1 Å². The van der Waals surface area contributed by atoms with Crippen molar-refractivity contribution >= 4 is 40.9 Å². The monoisotopic (exact) mass is 403 g/mol. The number of Topliss-reactive ketones (excluding diaryl/α,β-unsaturated/α-hetero) is 1. The molecular formula is C20H18ClNO6. The molecule has 0 aromatic heterocycles. The molecule has 0 fully saturated rings. The lowest BCUT2D eigenvalue weighted by Gasteiger charge is -2.07. The van der Waals surface area contributed by atoms with Gasteiger partial charge in [0.05, 0.1) is 6.42 Å². The van der Waals surface area contributed by atoms with Crippen molar-refractivity contribution in [3.63, 3.8) is 0 Å². The summed E-state index contributed by atoms with van der Waals surface area (Å²) in [6.45, 7) is 0.829. The lowest BCUT2D eigenvalue weighted by Crippen LogP contribution is -2.17. The van der Waals surface area contributed by atoms with Crippen LogP contribution in [0.4, 0.5) is 5.69 Å². The first kappa shape index (κ1) is 21.1. The van der Waals surface area contributed by atoms with Gasteiger partial charge in [-0.15, -0.1) is 0 Å². The van der Waals surface area contributed by atoms with E-state index in [0.717, 1.165) is 0 Å². The number of nitrogens with one attached hydrogen (secondary N) is 1. The number of carbonyl (C=O) groups is 4. The molecule has 1 N–H and O–H groups in total. The molecule has 146 valence electrons. The third-order valence-corrected chi connectivity index (χ3v) is 3.70. The van der Waals surface area contributed by atoms with Crippen molar-refractivity contribution in [3.05, 3.63) is 59.1 Å². The number of amides is 1. The zero-order chi connectivity index (χ0) is 20.5. The first-order valence-electron chi connectivity index (χ1n) is 8.36. The standard InChI is InChI=1S/C20H18ClNO6/c1-13(23)28-17-7-5-14(6-8-17)18(24)12-27-20(26)10-9-19(25)22-16-4-2-3-15(21)11-16/h2-8,11H,9-10,12H2,1H3,(H,22,25). The minimum Gasteiger partial charge on any atom is -0.457 e. The number of hydrogen-bond donors (Lipinski definition) is 1. The van der Waals surface area contributed by atoms with E-state index in [1.54, 1.807) is 24.3 Å². The summed E-state index contributed by atoms with van der Waals surface area (Å²) in [6.07, 6.45) is -0.248. The number of esters is 2. The van der Waals surface area contributed by atoms with E-state index in [-0.39, 0.29) is 18.7 Å². The SMILES string of the molecule is CC(=O)Oc1ccc(C(=O)COC(=O)CCC(=O)Nc2cccc(Cl)c2)cc1. The Hall–Kier alpha value is -3.19. The average molecular weight is 404 g/mol. The molecule has 0 aliphatic carbocycles. The van der Waals surface area contributed by atoms with Gasteiger partial charge in [0.15, 0.2) is 12.4 Å². The van der Waals surface area contributed by atoms with Gasteiger partial charge < -0.3 is 14.8 Å². The van der Waals surface area contributed by atoms with Crippen LogP contribution in [0.3, 0.4) is 0 Å². The summed E-state index contributed by atoms with van der Waals surface area (Å²) in [6, 6.07) is 12.5. The molecule has 2 aromatic rings. The second kappa shape index (κ2) is 10.2. The van der Waals surface area contributed by atoms with Gasteiger partial charge in [0.2, 0.25) is 5.91 Å². The molecule has 0 radical (unpaired) electrons. The molecule has 0 unspecified atom stereocenters. The summed E-state index contributed by atoms with van der Waals surface area (Å²) >= 11 is 5.83. The molecule has 0 atom stereocenters. The molecule has 2 rings (SSSR count). The summed E-state index contributed by atoms with van der Waals surface area (Å²) in [4.78, 5) is 46.4. The van der Waals surface area contributed by atoms with Gasteiger partial charge in [0, 0.05) is 29.6 Å². The number of ether oxygens (including phenoxy) is 2. The van der Waals surface area contributed by atoms with Crippen LogP contribution in [0.5, 0.6) is 5.75 Å². The Morgan fingerprint density at radius 2 is 1.71 bits per heavy atom. The van der Waals surface area contributed by atoms with Crippen LogP contribution in [-0.2, 0) is 19.1 Å². The number of anilines is 1. The van der Waals surface area contributed by atoms with Crippen molar-refractivity contribution in [2.24, 2.45) is 0 Å². The zero-order valence-corrected chi connectivity index (χ0v) is 15.8. The maximum Gasteiger partial charge on any atom is 0.308 e. The number of halogens is 1. The summed E-state index contributed by atoms with van der Waals surface area (Å²) in [5, 5.41) is 3.10. The van der Waals surface area contributed by atoms with E-state index < -0.39 is 24.3 Å². The van der Waals surface area contributed by atoms with Crippen molar-refractivity contribution in [1.82, 2.24) is 0 Å². The predicted octanol–water partition coefficient (Wildman–Crippen LogP) is 3.41. The Labute approximate surface area is 166 Å². The molecule has 0 spiro atoms. The maximum absolute atomic E-state index is 12.0. The van der Waals surface area contributed by atoms with Crippen LogP contribution in [0.1, 0.15) is 30.1 Å². The van der Waals surface area contributed by atoms with Crippen LogP contribution in [0.15, 0.2) is 48.5 Å². The average Bonchev–Trinajstić information content (AvgIpc) is 2.64. The van der Waals surface area contributed by atoms with Crippen molar-refractivity contribution < 1.29 is 28.7 Å². The largest absolute Gasteiger partial charge is 0.457 e. The highest BCUT2D eigenvalue weighted by Gasteiger charge is 2.12. The van der Waals surface area contributed by atoms with Gasteiger partial charge in [0.1, 0.15) is 5.75 Å². The highest BCUT2D eigenvalue weighted by molar-refractivity contribution is 6.30. The fourth-order valence-electron chi connectivity index (χ4n) is 2.18. The van der Waals surface area contributed by atoms with E-state index in [0.29, 0.717) is 22.0 Å². The van der Waals surface area contributed by atoms with Gasteiger partial charge in [-0.1, -0.05) is 17.7 Å². The van der Waals surface area contributed by atoms with Crippen LogP contribution < -0.4 is 10.1 Å². The molecular weight excluding hydrogens is 386 g/mol. The minimum absolute atomic E-state index is 0.0867. The molecule has 1 amide bonds. The molecule has 0 saturated carbocycles. The zero-order valence-electron chi connectivity index (χ0n) is 15.1. The Morgan fingerprint density at radius 1 is 1.00 bits per heavy atom. The van der Waals surface area contributed by atoms with Crippen LogP contribution >= 0.6 is 11.6 Å². The Morgan fingerprint density at radius 3 is 2.36 bits per heavy atom. The molecule has 0 saturated heterocycles. The first-order chi connectivity index (χ1) is 13.3. The number of carbonyl (C=O) groups excluding carboxylic acids is 4. The number of benzene rings is 2. The Balaban J connectivity index is 1.73. The van der Waals surface area contributed by atoms with Crippen LogP contribution in [-0.4, -0.2) is 30.2 Å². The summed E-state index contributed by atoms with van der Waals surface area (Å²) in [7, 11) is 0. The second-order valence-corrected chi connectivity index (χ2v) is 6.20.